The van der Waals surface area contributed by atoms with Crippen molar-refractivity contribution >= 4 is 28.0 Å². The molecule has 2 aliphatic rings. The lowest BCUT2D eigenvalue weighted by molar-refractivity contribution is -0.00626. The van der Waals surface area contributed by atoms with E-state index in [0.29, 0.717) is 16.8 Å². The molecule has 28 heavy (non-hydrogen) atoms. The summed E-state index contributed by atoms with van der Waals surface area (Å²) < 4.78 is 5.52. The molecule has 1 aliphatic heterocycles. The van der Waals surface area contributed by atoms with Crippen molar-refractivity contribution in [3.8, 4) is 0 Å². The number of ether oxygens (including phenoxy) is 1. The quantitative estimate of drug-likeness (QED) is 0.603. The summed E-state index contributed by atoms with van der Waals surface area (Å²) in [4.78, 5) is 27.6. The van der Waals surface area contributed by atoms with E-state index < -0.39 is 10.9 Å². The van der Waals surface area contributed by atoms with Crippen LogP contribution in [-0.4, -0.2) is 24.2 Å². The molecule has 1 saturated heterocycles. The zero-order valence-corrected chi connectivity index (χ0v) is 15.8. The van der Waals surface area contributed by atoms with Gasteiger partial charge in [0.25, 0.3) is 10.9 Å². The molecule has 0 atom stereocenters. The normalized spacial score (nSPS) is 20.0. The lowest BCUT2D eigenvalue weighted by Crippen LogP contribution is -2.42. The van der Waals surface area contributed by atoms with Crippen LogP contribution >= 0.6 is 0 Å². The van der Waals surface area contributed by atoms with Gasteiger partial charge in [-0.1, -0.05) is 18.2 Å². The summed E-state index contributed by atoms with van der Waals surface area (Å²) in [7, 11) is 0. The number of fused-ring (bicyclic) bond motifs is 1. The third-order valence-corrected chi connectivity index (χ3v) is 6.71. The van der Waals surface area contributed by atoms with Crippen LogP contribution in [0.15, 0.2) is 40.1 Å². The Kier molecular flexibility index (Phi) is 4.23. The third kappa shape index (κ3) is 2.92. The van der Waals surface area contributed by atoms with Gasteiger partial charge >= 0.3 is 0 Å². The number of hydrogen-bond donors (Lipinski definition) is 3. The molecule has 1 aromatic heterocycles. The van der Waals surface area contributed by atoms with E-state index in [1.807, 2.05) is 30.5 Å². The fourth-order valence-electron chi connectivity index (χ4n) is 4.84. The molecule has 3 N–H and O–H groups in total. The molecule has 1 aliphatic carbocycles. The summed E-state index contributed by atoms with van der Waals surface area (Å²) in [6.07, 6.45) is 8.52. The monoisotopic (exact) mass is 379 g/mol. The summed E-state index contributed by atoms with van der Waals surface area (Å²) in [5.41, 5.74) is 2.22. The largest absolute Gasteiger partial charge is 0.381 e. The van der Waals surface area contributed by atoms with Gasteiger partial charge in [0.1, 0.15) is 11.4 Å². The Morgan fingerprint density at radius 1 is 0.964 bits per heavy atom. The van der Waals surface area contributed by atoms with Crippen molar-refractivity contribution in [2.75, 3.05) is 23.8 Å². The maximum atomic E-state index is 12.2. The number of anilines is 3. The van der Waals surface area contributed by atoms with E-state index >= 15 is 0 Å². The molecule has 5 rings (SSSR count). The van der Waals surface area contributed by atoms with Gasteiger partial charge in [-0.05, 0) is 50.0 Å². The average Bonchev–Trinajstić information content (AvgIpc) is 3.15. The number of rotatable bonds is 4. The molecule has 2 heterocycles. The molecule has 0 bridgehead atoms. The van der Waals surface area contributed by atoms with Gasteiger partial charge in [0.05, 0.1) is 5.69 Å². The molecular formula is C22H25N3O3. The van der Waals surface area contributed by atoms with Crippen molar-refractivity contribution in [3.05, 3.63) is 50.9 Å². The predicted molar refractivity (Wildman–Crippen MR) is 111 cm³/mol. The van der Waals surface area contributed by atoms with Crippen LogP contribution in [-0.2, 0) is 4.74 Å². The Bertz CT molecular complexity index is 1060. The van der Waals surface area contributed by atoms with Crippen molar-refractivity contribution < 1.29 is 4.74 Å². The lowest BCUT2D eigenvalue weighted by atomic mass is 9.68. The van der Waals surface area contributed by atoms with Crippen LogP contribution in [0.3, 0.4) is 0 Å². The molecule has 0 amide bonds. The Balaban J connectivity index is 1.30. The number of benzene rings is 1. The molecular weight excluding hydrogens is 354 g/mol. The molecule has 2 fully saturated rings. The SMILES string of the molecule is O=c1c(Nc2c[nH]c3ccccc23)c(NC2CCC3(CCOCC3)CC2)c1=O. The number of para-hydroxylation sites is 1. The zero-order chi connectivity index (χ0) is 19.1. The second-order valence-electron chi connectivity index (χ2n) is 8.31. The highest BCUT2D eigenvalue weighted by atomic mass is 16.5. The van der Waals surface area contributed by atoms with E-state index in [1.54, 1.807) is 0 Å². The zero-order valence-electron chi connectivity index (χ0n) is 15.8. The van der Waals surface area contributed by atoms with Crippen molar-refractivity contribution in [1.82, 2.24) is 4.98 Å². The standard InChI is InChI=1S/C22H25N3O3/c26-20-18(24-14-5-7-22(8-6-14)9-11-28-12-10-22)19(21(20)27)25-17-13-23-16-4-2-1-3-15(16)17/h1-4,13-14,23-25H,5-12H2. The Morgan fingerprint density at radius 3 is 2.46 bits per heavy atom. The highest BCUT2D eigenvalue weighted by Crippen LogP contribution is 2.44. The highest BCUT2D eigenvalue weighted by Gasteiger charge is 2.37. The van der Waals surface area contributed by atoms with Gasteiger partial charge in [-0.15, -0.1) is 0 Å². The molecule has 2 aromatic carbocycles. The van der Waals surface area contributed by atoms with Crippen molar-refractivity contribution in [2.24, 2.45) is 5.41 Å². The third-order valence-electron chi connectivity index (χ3n) is 6.71. The van der Waals surface area contributed by atoms with Crippen LogP contribution in [0.1, 0.15) is 38.5 Å². The van der Waals surface area contributed by atoms with Gasteiger partial charge in [0.2, 0.25) is 0 Å². The highest BCUT2D eigenvalue weighted by molar-refractivity contribution is 5.95. The Hall–Kier alpha value is -2.60. The van der Waals surface area contributed by atoms with E-state index in [2.05, 4.69) is 15.6 Å². The first kappa shape index (κ1) is 17.5. The van der Waals surface area contributed by atoms with E-state index in [1.165, 1.54) is 0 Å². The van der Waals surface area contributed by atoms with E-state index in [0.717, 1.165) is 68.3 Å². The Morgan fingerprint density at radius 2 is 1.68 bits per heavy atom. The molecule has 146 valence electrons. The molecule has 0 radical (unpaired) electrons. The van der Waals surface area contributed by atoms with Crippen molar-refractivity contribution in [2.45, 2.75) is 44.6 Å². The minimum Gasteiger partial charge on any atom is -0.381 e. The van der Waals surface area contributed by atoms with E-state index in [-0.39, 0.29) is 6.04 Å². The van der Waals surface area contributed by atoms with Gasteiger partial charge in [-0.3, -0.25) is 9.59 Å². The van der Waals surface area contributed by atoms with Gasteiger partial charge in [-0.2, -0.15) is 0 Å². The van der Waals surface area contributed by atoms with Crippen molar-refractivity contribution in [1.29, 1.82) is 0 Å². The summed E-state index contributed by atoms with van der Waals surface area (Å²) in [6.45, 7) is 1.74. The fraction of sp³-hybridized carbons (Fsp3) is 0.455. The predicted octanol–water partition coefficient (Wildman–Crippen LogP) is 3.66. The van der Waals surface area contributed by atoms with Crippen LogP contribution in [0.4, 0.5) is 17.1 Å². The number of aromatic nitrogens is 1. The lowest BCUT2D eigenvalue weighted by Gasteiger charge is -2.43. The molecule has 6 nitrogen and oxygen atoms in total. The minimum absolute atomic E-state index is 0.250. The maximum Gasteiger partial charge on any atom is 0.253 e. The maximum absolute atomic E-state index is 12.2. The van der Waals surface area contributed by atoms with Gasteiger partial charge in [0, 0.05) is 36.4 Å². The smallest absolute Gasteiger partial charge is 0.253 e. The van der Waals surface area contributed by atoms with E-state index in [9.17, 15) is 9.59 Å². The van der Waals surface area contributed by atoms with Crippen LogP contribution in [0.5, 0.6) is 0 Å². The van der Waals surface area contributed by atoms with Gasteiger partial charge in [0.15, 0.2) is 0 Å². The molecule has 1 saturated carbocycles. The second-order valence-corrected chi connectivity index (χ2v) is 8.31. The van der Waals surface area contributed by atoms with Gasteiger partial charge in [-0.25, -0.2) is 0 Å². The number of aromatic amines is 1. The fourth-order valence-corrected chi connectivity index (χ4v) is 4.84. The molecule has 3 aromatic rings. The summed E-state index contributed by atoms with van der Waals surface area (Å²) in [5, 5.41) is 7.55. The number of H-pyrrole nitrogens is 1. The first-order valence-corrected chi connectivity index (χ1v) is 10.2. The Labute approximate surface area is 163 Å². The van der Waals surface area contributed by atoms with Crippen LogP contribution in [0.25, 0.3) is 10.9 Å². The number of nitrogens with one attached hydrogen (secondary N) is 3. The average molecular weight is 379 g/mol. The number of hydrogen-bond acceptors (Lipinski definition) is 5. The van der Waals surface area contributed by atoms with Crippen LogP contribution < -0.4 is 21.5 Å². The molecule has 1 spiro atoms. The van der Waals surface area contributed by atoms with Crippen LogP contribution in [0, 0.1) is 5.41 Å². The minimum atomic E-state index is -0.440. The van der Waals surface area contributed by atoms with Crippen molar-refractivity contribution in [3.63, 3.8) is 0 Å². The van der Waals surface area contributed by atoms with Crippen LogP contribution in [0.2, 0.25) is 0 Å². The topological polar surface area (TPSA) is 83.2 Å². The van der Waals surface area contributed by atoms with E-state index in [4.69, 9.17) is 4.74 Å². The summed E-state index contributed by atoms with van der Waals surface area (Å²) in [6, 6.07) is 8.13. The first-order valence-electron chi connectivity index (χ1n) is 10.2. The summed E-state index contributed by atoms with van der Waals surface area (Å²) in [5.74, 6) is 0. The summed E-state index contributed by atoms with van der Waals surface area (Å²) >= 11 is 0. The second kappa shape index (κ2) is 6.78. The van der Waals surface area contributed by atoms with Gasteiger partial charge < -0.3 is 20.4 Å². The first-order chi connectivity index (χ1) is 13.7. The molecule has 0 unspecified atom stereocenters. The molecule has 6 heteroatoms.